The monoisotopic (exact) mass is 292 g/mol. The second-order valence-electron chi connectivity index (χ2n) is 4.80. The van der Waals surface area contributed by atoms with Crippen molar-refractivity contribution in [3.63, 3.8) is 0 Å². The summed E-state index contributed by atoms with van der Waals surface area (Å²) in [5.41, 5.74) is 0.356. The Bertz CT molecular complexity index is 722. The number of nitro groups is 1. The van der Waals surface area contributed by atoms with E-state index in [2.05, 4.69) is 0 Å². The Morgan fingerprint density at radius 2 is 2.00 bits per heavy atom. The standard InChI is InChI=1S/C14H13FN2O4/c1-8(2)16-11(5-6-13(16)14(18)19)9-3-4-12(17(20)21)10(15)7-9/h3-8H,1-2H3,(H,18,19). The smallest absolute Gasteiger partial charge is 0.352 e. The highest BCUT2D eigenvalue weighted by Crippen LogP contribution is 2.29. The number of nitro benzene ring substituents is 1. The SMILES string of the molecule is CC(C)n1c(C(=O)O)ccc1-c1ccc([N+](=O)[O-])c(F)c1. The normalized spacial score (nSPS) is 10.9. The van der Waals surface area contributed by atoms with E-state index in [9.17, 15) is 19.3 Å². The summed E-state index contributed by atoms with van der Waals surface area (Å²) < 4.78 is 15.3. The number of rotatable bonds is 4. The largest absolute Gasteiger partial charge is 0.477 e. The summed E-state index contributed by atoms with van der Waals surface area (Å²) in [7, 11) is 0. The first-order valence-electron chi connectivity index (χ1n) is 6.21. The van der Waals surface area contributed by atoms with Crippen LogP contribution in [0.5, 0.6) is 0 Å². The minimum Gasteiger partial charge on any atom is -0.477 e. The number of aromatic carboxylic acids is 1. The van der Waals surface area contributed by atoms with Gasteiger partial charge in [0.1, 0.15) is 5.69 Å². The van der Waals surface area contributed by atoms with Gasteiger partial charge in [-0.2, -0.15) is 4.39 Å². The Hall–Kier alpha value is -2.70. The van der Waals surface area contributed by atoms with E-state index >= 15 is 0 Å². The molecule has 0 radical (unpaired) electrons. The van der Waals surface area contributed by atoms with Crippen molar-refractivity contribution in [3.8, 4) is 11.3 Å². The molecule has 0 saturated carbocycles. The minimum absolute atomic E-state index is 0.0822. The van der Waals surface area contributed by atoms with E-state index in [0.29, 0.717) is 11.3 Å². The summed E-state index contributed by atoms with van der Waals surface area (Å²) >= 11 is 0. The number of aromatic nitrogens is 1. The van der Waals surface area contributed by atoms with E-state index in [0.717, 1.165) is 12.1 Å². The van der Waals surface area contributed by atoms with Gasteiger partial charge in [0.2, 0.25) is 5.82 Å². The van der Waals surface area contributed by atoms with Crippen LogP contribution >= 0.6 is 0 Å². The lowest BCUT2D eigenvalue weighted by molar-refractivity contribution is -0.387. The second-order valence-corrected chi connectivity index (χ2v) is 4.80. The van der Waals surface area contributed by atoms with Crippen molar-refractivity contribution in [2.75, 3.05) is 0 Å². The fourth-order valence-electron chi connectivity index (χ4n) is 2.23. The molecule has 0 unspecified atom stereocenters. The number of nitrogens with zero attached hydrogens (tertiary/aromatic N) is 2. The van der Waals surface area contributed by atoms with Crippen LogP contribution in [0.25, 0.3) is 11.3 Å². The molecular formula is C14H13FN2O4. The van der Waals surface area contributed by atoms with Crippen LogP contribution in [0.4, 0.5) is 10.1 Å². The van der Waals surface area contributed by atoms with Crippen molar-refractivity contribution in [3.05, 3.63) is 52.0 Å². The minimum atomic E-state index is -1.09. The van der Waals surface area contributed by atoms with E-state index in [1.807, 2.05) is 0 Å². The Labute approximate surface area is 119 Å². The second kappa shape index (κ2) is 5.35. The Morgan fingerprint density at radius 1 is 1.33 bits per heavy atom. The number of carboxylic acids is 1. The fraction of sp³-hybridized carbons (Fsp3) is 0.214. The first-order valence-corrected chi connectivity index (χ1v) is 6.21. The zero-order chi connectivity index (χ0) is 15.7. The van der Waals surface area contributed by atoms with E-state index in [1.54, 1.807) is 24.5 Å². The Kier molecular flexibility index (Phi) is 3.75. The molecule has 0 fully saturated rings. The highest BCUT2D eigenvalue weighted by Gasteiger charge is 2.20. The maximum absolute atomic E-state index is 13.7. The van der Waals surface area contributed by atoms with Crippen molar-refractivity contribution < 1.29 is 19.2 Å². The molecule has 0 aliphatic carbocycles. The van der Waals surface area contributed by atoms with E-state index in [4.69, 9.17) is 5.11 Å². The van der Waals surface area contributed by atoms with Crippen molar-refractivity contribution in [2.45, 2.75) is 19.9 Å². The van der Waals surface area contributed by atoms with Gasteiger partial charge in [-0.3, -0.25) is 10.1 Å². The third kappa shape index (κ3) is 2.62. The number of carbonyl (C=O) groups is 1. The van der Waals surface area contributed by atoms with Gasteiger partial charge in [0.05, 0.1) is 4.92 Å². The molecule has 6 nitrogen and oxygen atoms in total. The number of carboxylic acid groups (broad SMARTS) is 1. The number of hydrogen-bond donors (Lipinski definition) is 1. The predicted octanol–water partition coefficient (Wildman–Crippen LogP) is 3.48. The molecule has 0 saturated heterocycles. The molecule has 0 bridgehead atoms. The maximum atomic E-state index is 13.7. The van der Waals surface area contributed by atoms with Gasteiger partial charge in [0.15, 0.2) is 0 Å². The van der Waals surface area contributed by atoms with Gasteiger partial charge < -0.3 is 9.67 Å². The fourth-order valence-corrected chi connectivity index (χ4v) is 2.23. The molecule has 0 atom stereocenters. The summed E-state index contributed by atoms with van der Waals surface area (Å²) in [5, 5.41) is 19.8. The summed E-state index contributed by atoms with van der Waals surface area (Å²) in [6.07, 6.45) is 0. The quantitative estimate of drug-likeness (QED) is 0.690. The van der Waals surface area contributed by atoms with Crippen LogP contribution in [0.2, 0.25) is 0 Å². The van der Waals surface area contributed by atoms with Crippen molar-refractivity contribution in [1.29, 1.82) is 0 Å². The topological polar surface area (TPSA) is 85.4 Å². The summed E-state index contributed by atoms with van der Waals surface area (Å²) in [6.45, 7) is 3.61. The zero-order valence-electron chi connectivity index (χ0n) is 11.4. The molecule has 1 heterocycles. The van der Waals surface area contributed by atoms with Crippen molar-refractivity contribution in [2.24, 2.45) is 0 Å². The van der Waals surface area contributed by atoms with Gasteiger partial charge in [-0.05, 0) is 38.1 Å². The molecule has 0 aliphatic rings. The van der Waals surface area contributed by atoms with Gasteiger partial charge in [0.25, 0.3) is 0 Å². The van der Waals surface area contributed by atoms with Crippen LogP contribution in [0.1, 0.15) is 30.4 Å². The third-order valence-electron chi connectivity index (χ3n) is 3.09. The van der Waals surface area contributed by atoms with E-state index < -0.39 is 22.4 Å². The molecule has 2 aromatic rings. The molecule has 7 heteroatoms. The molecule has 2 rings (SSSR count). The lowest BCUT2D eigenvalue weighted by atomic mass is 10.1. The highest BCUT2D eigenvalue weighted by atomic mass is 19.1. The number of benzene rings is 1. The number of hydrogen-bond acceptors (Lipinski definition) is 3. The molecule has 110 valence electrons. The first-order chi connectivity index (χ1) is 9.82. The lowest BCUT2D eigenvalue weighted by Crippen LogP contribution is -2.11. The molecule has 21 heavy (non-hydrogen) atoms. The average Bonchev–Trinajstić information content (AvgIpc) is 2.82. The Balaban J connectivity index is 2.60. The lowest BCUT2D eigenvalue weighted by Gasteiger charge is -2.15. The van der Waals surface area contributed by atoms with Crippen LogP contribution in [-0.4, -0.2) is 20.6 Å². The molecule has 1 aromatic carbocycles. The average molecular weight is 292 g/mol. The summed E-state index contributed by atoms with van der Waals surface area (Å²) in [5.74, 6) is -2.04. The molecule has 1 N–H and O–H groups in total. The van der Waals surface area contributed by atoms with Gasteiger partial charge in [-0.25, -0.2) is 4.79 Å². The summed E-state index contributed by atoms with van der Waals surface area (Å²) in [4.78, 5) is 21.0. The molecule has 0 spiro atoms. The van der Waals surface area contributed by atoms with Gasteiger partial charge in [0, 0.05) is 23.4 Å². The van der Waals surface area contributed by atoms with Gasteiger partial charge >= 0.3 is 11.7 Å². The van der Waals surface area contributed by atoms with Gasteiger partial charge in [-0.1, -0.05) is 0 Å². The molecule has 1 aromatic heterocycles. The van der Waals surface area contributed by atoms with E-state index in [-0.39, 0.29) is 11.7 Å². The Morgan fingerprint density at radius 3 is 2.48 bits per heavy atom. The molecule has 0 aliphatic heterocycles. The van der Waals surface area contributed by atoms with E-state index in [1.165, 1.54) is 12.1 Å². The van der Waals surface area contributed by atoms with Crippen LogP contribution in [0, 0.1) is 15.9 Å². The predicted molar refractivity (Wildman–Crippen MR) is 73.8 cm³/mol. The highest BCUT2D eigenvalue weighted by molar-refractivity contribution is 5.87. The van der Waals surface area contributed by atoms with Crippen molar-refractivity contribution >= 4 is 11.7 Å². The maximum Gasteiger partial charge on any atom is 0.352 e. The van der Waals surface area contributed by atoms with Crippen LogP contribution < -0.4 is 0 Å². The summed E-state index contributed by atoms with van der Waals surface area (Å²) in [6, 6.07) is 6.35. The van der Waals surface area contributed by atoms with Gasteiger partial charge in [-0.15, -0.1) is 0 Å². The van der Waals surface area contributed by atoms with Crippen LogP contribution in [0.3, 0.4) is 0 Å². The number of halogens is 1. The molecule has 0 amide bonds. The zero-order valence-corrected chi connectivity index (χ0v) is 11.4. The van der Waals surface area contributed by atoms with Crippen LogP contribution in [-0.2, 0) is 0 Å². The molecular weight excluding hydrogens is 279 g/mol. The van der Waals surface area contributed by atoms with Crippen LogP contribution in [0.15, 0.2) is 30.3 Å². The van der Waals surface area contributed by atoms with Crippen molar-refractivity contribution in [1.82, 2.24) is 4.57 Å². The third-order valence-corrected chi connectivity index (χ3v) is 3.09. The first kappa shape index (κ1) is 14.7.